The quantitative estimate of drug-likeness (QED) is 0.230. The van der Waals surface area contributed by atoms with Gasteiger partial charge in [0, 0.05) is 36.2 Å². The second kappa shape index (κ2) is 12.7. The number of esters is 1. The molecule has 0 bridgehead atoms. The maximum absolute atomic E-state index is 13.2. The third-order valence-corrected chi connectivity index (χ3v) is 5.09. The number of benzene rings is 2. The van der Waals surface area contributed by atoms with E-state index in [4.69, 9.17) is 19.0 Å². The fraction of sp³-hybridized carbons (Fsp3) is 0.231. The molecule has 3 aromatic rings. The van der Waals surface area contributed by atoms with Gasteiger partial charge in [-0.1, -0.05) is 29.4 Å². The van der Waals surface area contributed by atoms with Crippen LogP contribution in [0, 0.1) is 0 Å². The van der Waals surface area contributed by atoms with E-state index in [1.165, 1.54) is 57.9 Å². The number of hydrogen-bond acceptors (Lipinski definition) is 8. The minimum atomic E-state index is -4.52. The maximum Gasteiger partial charge on any atom is 0.416 e. The number of pyridine rings is 1. The van der Waals surface area contributed by atoms with Crippen LogP contribution < -0.4 is 14.8 Å². The molecule has 0 unspecified atom stereocenters. The Labute approximate surface area is 216 Å². The summed E-state index contributed by atoms with van der Waals surface area (Å²) in [5.74, 6) is -1.34. The van der Waals surface area contributed by atoms with Crippen LogP contribution in [-0.4, -0.2) is 50.5 Å². The lowest BCUT2D eigenvalue weighted by molar-refractivity contribution is -0.137. The van der Waals surface area contributed by atoms with Crippen molar-refractivity contribution in [2.24, 2.45) is 5.16 Å². The zero-order chi connectivity index (χ0) is 27.7. The van der Waals surface area contributed by atoms with Crippen molar-refractivity contribution in [2.75, 3.05) is 33.3 Å². The number of rotatable bonds is 10. The van der Waals surface area contributed by atoms with Gasteiger partial charge in [0.1, 0.15) is 12.8 Å². The third-order valence-electron chi connectivity index (χ3n) is 5.09. The van der Waals surface area contributed by atoms with E-state index in [1.54, 1.807) is 12.1 Å². The van der Waals surface area contributed by atoms with E-state index in [9.17, 15) is 22.8 Å². The summed E-state index contributed by atoms with van der Waals surface area (Å²) in [4.78, 5) is 34.0. The van der Waals surface area contributed by atoms with Crippen LogP contribution in [0.15, 0.2) is 65.9 Å². The summed E-state index contributed by atoms with van der Waals surface area (Å²) in [6, 6.07) is 12.3. The van der Waals surface area contributed by atoms with Crippen LogP contribution in [0.5, 0.6) is 11.5 Å². The van der Waals surface area contributed by atoms with Crippen LogP contribution in [0.2, 0.25) is 0 Å². The number of halogens is 3. The molecular formula is C26H24F3N3O6. The molecule has 1 aromatic heterocycles. The predicted octanol–water partition coefficient (Wildman–Crippen LogP) is 4.70. The van der Waals surface area contributed by atoms with Crippen LogP contribution in [0.1, 0.15) is 33.6 Å². The maximum atomic E-state index is 13.2. The molecule has 0 saturated carbocycles. The van der Waals surface area contributed by atoms with Crippen molar-refractivity contribution in [1.82, 2.24) is 4.98 Å². The molecule has 0 spiro atoms. The number of carbonyl (C=O) groups excluding carboxylic acids is 2. The minimum Gasteiger partial charge on any atom is -0.493 e. The number of anilines is 1. The highest BCUT2D eigenvalue weighted by Gasteiger charge is 2.31. The van der Waals surface area contributed by atoms with Gasteiger partial charge in [-0.2, -0.15) is 13.2 Å². The average molecular weight is 531 g/mol. The SMILES string of the molecule is COCCC(=O)Oc1c(OC)ccnc1C(=O)Nc1ccc(C(=NOC)c2cccc(C(F)(F)F)c2)cc1. The molecule has 1 heterocycles. The molecule has 0 aliphatic heterocycles. The molecule has 0 aliphatic rings. The molecular weight excluding hydrogens is 507 g/mol. The monoisotopic (exact) mass is 531 g/mol. The van der Waals surface area contributed by atoms with Gasteiger partial charge in [0.25, 0.3) is 5.91 Å². The molecule has 0 atom stereocenters. The number of ether oxygens (including phenoxy) is 3. The van der Waals surface area contributed by atoms with Crippen LogP contribution in [0.4, 0.5) is 18.9 Å². The molecule has 0 fully saturated rings. The third kappa shape index (κ3) is 7.07. The normalized spacial score (nSPS) is 11.6. The zero-order valence-corrected chi connectivity index (χ0v) is 20.7. The molecule has 2 aromatic carbocycles. The van der Waals surface area contributed by atoms with Gasteiger partial charge in [0.15, 0.2) is 11.4 Å². The van der Waals surface area contributed by atoms with Gasteiger partial charge in [-0.15, -0.1) is 0 Å². The zero-order valence-electron chi connectivity index (χ0n) is 20.7. The summed E-state index contributed by atoms with van der Waals surface area (Å²) in [6.07, 6.45) is -3.24. The molecule has 0 aliphatic carbocycles. The van der Waals surface area contributed by atoms with Gasteiger partial charge in [-0.05, 0) is 24.3 Å². The summed E-state index contributed by atoms with van der Waals surface area (Å²) < 4.78 is 54.9. The highest BCUT2D eigenvalue weighted by molar-refractivity contribution is 6.13. The standard InChI is InChI=1S/C26H24F3N3O6/c1-35-14-12-21(33)38-24-20(36-2)11-13-30-23(24)25(34)31-19-9-7-16(8-10-19)22(32-37-3)17-5-4-6-18(15-17)26(27,28)29/h4-11,13,15H,12,14H2,1-3H3,(H,31,34). The van der Waals surface area contributed by atoms with Crippen molar-refractivity contribution in [3.8, 4) is 11.5 Å². The van der Waals surface area contributed by atoms with Crippen LogP contribution in [0.3, 0.4) is 0 Å². The number of methoxy groups -OCH3 is 2. The van der Waals surface area contributed by atoms with Gasteiger partial charge in [0.05, 0.1) is 25.7 Å². The van der Waals surface area contributed by atoms with Gasteiger partial charge < -0.3 is 24.4 Å². The number of aromatic nitrogens is 1. The van der Waals surface area contributed by atoms with E-state index in [0.717, 1.165) is 12.1 Å². The molecule has 0 saturated heterocycles. The Morgan fingerprint density at radius 1 is 1.00 bits per heavy atom. The molecule has 1 amide bonds. The highest BCUT2D eigenvalue weighted by Crippen LogP contribution is 2.31. The van der Waals surface area contributed by atoms with Crippen molar-refractivity contribution >= 4 is 23.3 Å². The lowest BCUT2D eigenvalue weighted by Crippen LogP contribution is -2.19. The Morgan fingerprint density at radius 2 is 1.74 bits per heavy atom. The molecule has 0 radical (unpaired) electrons. The van der Waals surface area contributed by atoms with Crippen molar-refractivity contribution < 1.29 is 41.8 Å². The second-order valence-corrected chi connectivity index (χ2v) is 7.64. The summed E-state index contributed by atoms with van der Waals surface area (Å²) in [7, 11) is 4.07. The summed E-state index contributed by atoms with van der Waals surface area (Å²) in [5.41, 5.74) is 0.115. The highest BCUT2D eigenvalue weighted by atomic mass is 19.4. The summed E-state index contributed by atoms with van der Waals surface area (Å²) >= 11 is 0. The predicted molar refractivity (Wildman–Crippen MR) is 131 cm³/mol. The lowest BCUT2D eigenvalue weighted by Gasteiger charge is -2.13. The smallest absolute Gasteiger partial charge is 0.416 e. The largest absolute Gasteiger partial charge is 0.493 e. The van der Waals surface area contributed by atoms with Crippen molar-refractivity contribution in [3.05, 3.63) is 83.2 Å². The number of nitrogens with zero attached hydrogens (tertiary/aromatic N) is 2. The van der Waals surface area contributed by atoms with E-state index >= 15 is 0 Å². The minimum absolute atomic E-state index is 0.0473. The Bertz CT molecular complexity index is 1310. The summed E-state index contributed by atoms with van der Waals surface area (Å²) in [6.45, 7) is 0.129. The lowest BCUT2D eigenvalue weighted by atomic mass is 10.00. The number of nitrogens with one attached hydrogen (secondary N) is 1. The van der Waals surface area contributed by atoms with E-state index in [-0.39, 0.29) is 41.5 Å². The Hall–Kier alpha value is -4.45. The summed E-state index contributed by atoms with van der Waals surface area (Å²) in [5, 5.41) is 6.53. The number of amides is 1. The molecule has 38 heavy (non-hydrogen) atoms. The van der Waals surface area contributed by atoms with Crippen LogP contribution in [-0.2, 0) is 20.5 Å². The number of hydrogen-bond donors (Lipinski definition) is 1. The first-order valence-corrected chi connectivity index (χ1v) is 11.1. The first-order chi connectivity index (χ1) is 18.2. The Kier molecular flexibility index (Phi) is 9.39. The fourth-order valence-corrected chi connectivity index (χ4v) is 3.31. The number of carbonyl (C=O) groups is 2. The van der Waals surface area contributed by atoms with Gasteiger partial charge in [0.2, 0.25) is 5.75 Å². The van der Waals surface area contributed by atoms with Crippen LogP contribution >= 0.6 is 0 Å². The Morgan fingerprint density at radius 3 is 2.37 bits per heavy atom. The first-order valence-electron chi connectivity index (χ1n) is 11.1. The average Bonchev–Trinajstić information content (AvgIpc) is 2.90. The van der Waals surface area contributed by atoms with Gasteiger partial charge >= 0.3 is 12.1 Å². The van der Waals surface area contributed by atoms with E-state index in [0.29, 0.717) is 11.3 Å². The molecule has 1 N–H and O–H groups in total. The Balaban J connectivity index is 1.84. The topological polar surface area (TPSA) is 108 Å². The number of oxime groups is 1. The molecule has 200 valence electrons. The first kappa shape index (κ1) is 28.1. The molecule has 3 rings (SSSR count). The van der Waals surface area contributed by atoms with Gasteiger partial charge in [-0.3, -0.25) is 9.59 Å². The van der Waals surface area contributed by atoms with E-state index in [2.05, 4.69) is 15.5 Å². The van der Waals surface area contributed by atoms with E-state index in [1.807, 2.05) is 0 Å². The van der Waals surface area contributed by atoms with Crippen LogP contribution in [0.25, 0.3) is 0 Å². The van der Waals surface area contributed by atoms with Crippen molar-refractivity contribution in [2.45, 2.75) is 12.6 Å². The van der Waals surface area contributed by atoms with Crippen molar-refractivity contribution in [3.63, 3.8) is 0 Å². The van der Waals surface area contributed by atoms with Crippen molar-refractivity contribution in [1.29, 1.82) is 0 Å². The van der Waals surface area contributed by atoms with E-state index < -0.39 is 23.6 Å². The molecule has 12 heteroatoms. The number of alkyl halides is 3. The van der Waals surface area contributed by atoms with Gasteiger partial charge in [-0.25, -0.2) is 4.98 Å². The molecule has 9 nitrogen and oxygen atoms in total. The fourth-order valence-electron chi connectivity index (χ4n) is 3.31. The second-order valence-electron chi connectivity index (χ2n) is 7.64.